The molecule has 0 spiro atoms. The molecule has 0 bridgehead atoms. The van der Waals surface area contributed by atoms with Gasteiger partial charge >= 0.3 is 0 Å². The monoisotopic (exact) mass is 385 g/mol. The van der Waals surface area contributed by atoms with Gasteiger partial charge in [0.25, 0.3) is 0 Å². The first-order valence-electron chi connectivity index (χ1n) is 6.02. The first kappa shape index (κ1) is 14.7. The number of benzene rings is 2. The highest BCUT2D eigenvalue weighted by molar-refractivity contribution is 9.11. The minimum Gasteiger partial charge on any atom is -0.324 e. The maximum absolute atomic E-state index is 13.1. The van der Waals surface area contributed by atoms with E-state index in [2.05, 4.69) is 31.9 Å². The zero-order chi connectivity index (χ0) is 13.8. The minimum atomic E-state index is -0.241. The molecule has 0 aromatic heterocycles. The number of hydrogen-bond donors (Lipinski definition) is 1. The third kappa shape index (κ3) is 3.88. The molecule has 0 heterocycles. The second-order valence-electron chi connectivity index (χ2n) is 4.40. The fraction of sp³-hybridized carbons (Fsp3) is 0.200. The van der Waals surface area contributed by atoms with Crippen LogP contribution >= 0.6 is 31.9 Å². The van der Waals surface area contributed by atoms with Gasteiger partial charge in [-0.1, -0.05) is 50.1 Å². The molecule has 2 rings (SSSR count). The lowest BCUT2D eigenvalue weighted by Gasteiger charge is -2.13. The van der Waals surface area contributed by atoms with Gasteiger partial charge in [0.15, 0.2) is 0 Å². The molecule has 0 saturated heterocycles. The molecular weight excluding hydrogens is 373 g/mol. The molecule has 0 radical (unpaired) electrons. The first-order chi connectivity index (χ1) is 9.08. The van der Waals surface area contributed by atoms with Crippen LogP contribution in [-0.2, 0) is 6.42 Å². The third-order valence-electron chi connectivity index (χ3n) is 3.04. The molecule has 0 aliphatic heterocycles. The highest BCUT2D eigenvalue weighted by atomic mass is 79.9. The van der Waals surface area contributed by atoms with Crippen LogP contribution in [0.15, 0.2) is 51.4 Å². The molecular formula is C15H14Br2FN. The van der Waals surface area contributed by atoms with Crippen molar-refractivity contribution in [1.82, 2.24) is 0 Å². The molecule has 1 unspecified atom stereocenters. The molecule has 2 aromatic rings. The predicted octanol–water partition coefficient (Wildman–Crippen LogP) is 4.98. The van der Waals surface area contributed by atoms with Gasteiger partial charge in [-0.25, -0.2) is 4.39 Å². The lowest BCUT2D eigenvalue weighted by atomic mass is 10.00. The summed E-state index contributed by atoms with van der Waals surface area (Å²) in [4.78, 5) is 0. The average molecular weight is 387 g/mol. The van der Waals surface area contributed by atoms with E-state index >= 15 is 0 Å². The largest absolute Gasteiger partial charge is 0.324 e. The normalized spacial score (nSPS) is 12.4. The molecule has 0 amide bonds. The number of nitrogens with two attached hydrogens (primary N) is 1. The summed E-state index contributed by atoms with van der Waals surface area (Å²) in [6.07, 6.45) is 1.60. The van der Waals surface area contributed by atoms with Crippen LogP contribution in [0.2, 0.25) is 0 Å². The van der Waals surface area contributed by atoms with Crippen molar-refractivity contribution >= 4 is 31.9 Å². The summed E-state index contributed by atoms with van der Waals surface area (Å²) < 4.78 is 15.3. The predicted molar refractivity (Wildman–Crippen MR) is 83.5 cm³/mol. The van der Waals surface area contributed by atoms with Crippen LogP contribution < -0.4 is 5.73 Å². The summed E-state index contributed by atoms with van der Waals surface area (Å²) in [5.74, 6) is -0.241. The van der Waals surface area contributed by atoms with Crippen molar-refractivity contribution in [3.05, 3.63) is 68.4 Å². The molecule has 4 heteroatoms. The van der Waals surface area contributed by atoms with E-state index in [9.17, 15) is 4.39 Å². The zero-order valence-electron chi connectivity index (χ0n) is 10.2. The van der Waals surface area contributed by atoms with Crippen LogP contribution in [0.1, 0.15) is 23.6 Å². The van der Waals surface area contributed by atoms with Crippen LogP contribution in [0.3, 0.4) is 0 Å². The molecule has 1 atom stereocenters. The lowest BCUT2D eigenvalue weighted by molar-refractivity contribution is 0.608. The van der Waals surface area contributed by atoms with Gasteiger partial charge in [-0.15, -0.1) is 0 Å². The van der Waals surface area contributed by atoms with Crippen molar-refractivity contribution in [2.24, 2.45) is 5.73 Å². The molecule has 1 nitrogen and oxygen atoms in total. The summed E-state index contributed by atoms with van der Waals surface area (Å²) in [5.41, 5.74) is 8.14. The second-order valence-corrected chi connectivity index (χ2v) is 6.11. The van der Waals surface area contributed by atoms with Crippen molar-refractivity contribution in [1.29, 1.82) is 0 Å². The topological polar surface area (TPSA) is 26.0 Å². The van der Waals surface area contributed by atoms with E-state index in [0.717, 1.165) is 27.4 Å². The van der Waals surface area contributed by atoms with E-state index in [4.69, 9.17) is 5.73 Å². The maximum Gasteiger partial charge on any atom is 0.123 e. The number of halogens is 3. The molecule has 0 fully saturated rings. The van der Waals surface area contributed by atoms with E-state index in [-0.39, 0.29) is 11.9 Å². The number of hydrogen-bond acceptors (Lipinski definition) is 1. The van der Waals surface area contributed by atoms with Gasteiger partial charge in [-0.05, 0) is 48.2 Å². The Balaban J connectivity index is 2.06. The Hall–Kier alpha value is -0.710. The fourth-order valence-corrected chi connectivity index (χ4v) is 3.37. The standard InChI is InChI=1S/C15H14Br2FN/c16-13-5-2-6-14(17)12(13)7-8-15(19)10-3-1-4-11(18)9-10/h1-6,9,15H,7-8,19H2. The van der Waals surface area contributed by atoms with E-state index in [1.165, 1.54) is 17.7 Å². The number of rotatable bonds is 4. The summed E-state index contributed by atoms with van der Waals surface area (Å²) in [5, 5.41) is 0. The summed E-state index contributed by atoms with van der Waals surface area (Å²) in [6, 6.07) is 12.3. The second kappa shape index (κ2) is 6.64. The third-order valence-corrected chi connectivity index (χ3v) is 4.53. The Bertz CT molecular complexity index is 552. The quantitative estimate of drug-likeness (QED) is 0.787. The van der Waals surface area contributed by atoms with Gasteiger partial charge in [0.1, 0.15) is 5.82 Å². The first-order valence-corrected chi connectivity index (χ1v) is 7.60. The van der Waals surface area contributed by atoms with Gasteiger partial charge in [-0.3, -0.25) is 0 Å². The van der Waals surface area contributed by atoms with Crippen LogP contribution in [0.4, 0.5) is 4.39 Å². The van der Waals surface area contributed by atoms with E-state index in [1.54, 1.807) is 6.07 Å². The fourth-order valence-electron chi connectivity index (χ4n) is 1.97. The highest BCUT2D eigenvalue weighted by Gasteiger charge is 2.10. The molecule has 2 aromatic carbocycles. The van der Waals surface area contributed by atoms with Gasteiger partial charge < -0.3 is 5.73 Å². The molecule has 0 aliphatic rings. The van der Waals surface area contributed by atoms with Crippen molar-refractivity contribution < 1.29 is 4.39 Å². The van der Waals surface area contributed by atoms with E-state index in [0.29, 0.717) is 0 Å². The van der Waals surface area contributed by atoms with E-state index < -0.39 is 0 Å². The molecule has 100 valence electrons. The van der Waals surface area contributed by atoms with Gasteiger partial charge in [0.2, 0.25) is 0 Å². The SMILES string of the molecule is NC(CCc1c(Br)cccc1Br)c1cccc(F)c1. The summed E-state index contributed by atoms with van der Waals surface area (Å²) >= 11 is 7.07. The molecule has 2 N–H and O–H groups in total. The Morgan fingerprint density at radius 3 is 2.32 bits per heavy atom. The molecule has 19 heavy (non-hydrogen) atoms. The lowest BCUT2D eigenvalue weighted by Crippen LogP contribution is -2.11. The Morgan fingerprint density at radius 1 is 1.05 bits per heavy atom. The van der Waals surface area contributed by atoms with Crippen LogP contribution in [0.25, 0.3) is 0 Å². The summed E-state index contributed by atoms with van der Waals surface area (Å²) in [6.45, 7) is 0. The minimum absolute atomic E-state index is 0.158. The van der Waals surface area contributed by atoms with Gasteiger partial charge in [-0.2, -0.15) is 0 Å². The average Bonchev–Trinajstić information content (AvgIpc) is 2.38. The Morgan fingerprint density at radius 2 is 1.68 bits per heavy atom. The summed E-state index contributed by atoms with van der Waals surface area (Å²) in [7, 11) is 0. The molecule has 0 aliphatic carbocycles. The van der Waals surface area contributed by atoms with Crippen molar-refractivity contribution in [2.75, 3.05) is 0 Å². The van der Waals surface area contributed by atoms with Crippen molar-refractivity contribution in [3.8, 4) is 0 Å². The maximum atomic E-state index is 13.1. The zero-order valence-corrected chi connectivity index (χ0v) is 13.4. The van der Waals surface area contributed by atoms with Crippen LogP contribution in [0.5, 0.6) is 0 Å². The van der Waals surface area contributed by atoms with Crippen LogP contribution in [-0.4, -0.2) is 0 Å². The Kier molecular flexibility index (Phi) is 5.13. The smallest absolute Gasteiger partial charge is 0.123 e. The van der Waals surface area contributed by atoms with E-state index in [1.807, 2.05) is 24.3 Å². The van der Waals surface area contributed by atoms with Gasteiger partial charge in [0, 0.05) is 15.0 Å². The van der Waals surface area contributed by atoms with Crippen LogP contribution in [0, 0.1) is 5.82 Å². The highest BCUT2D eigenvalue weighted by Crippen LogP contribution is 2.28. The Labute approximate surface area is 129 Å². The molecule has 0 saturated carbocycles. The van der Waals surface area contributed by atoms with Crippen molar-refractivity contribution in [3.63, 3.8) is 0 Å². The van der Waals surface area contributed by atoms with Crippen molar-refractivity contribution in [2.45, 2.75) is 18.9 Å². The van der Waals surface area contributed by atoms with Gasteiger partial charge in [0.05, 0.1) is 0 Å².